The molecule has 0 aromatic rings. The van der Waals surface area contributed by atoms with E-state index in [-0.39, 0.29) is 24.6 Å². The first-order chi connectivity index (χ1) is 9.88. The van der Waals surface area contributed by atoms with Crippen LogP contribution in [-0.2, 0) is 9.53 Å². The van der Waals surface area contributed by atoms with Gasteiger partial charge >= 0.3 is 12.0 Å². The predicted molar refractivity (Wildman–Crippen MR) is 80.1 cm³/mol. The molecule has 1 aliphatic rings. The lowest BCUT2D eigenvalue weighted by molar-refractivity contribution is -0.143. The van der Waals surface area contributed by atoms with Crippen LogP contribution in [0.5, 0.6) is 0 Å². The van der Waals surface area contributed by atoms with Crippen LogP contribution in [-0.4, -0.2) is 54.9 Å². The molecule has 0 aromatic heterocycles. The van der Waals surface area contributed by atoms with Gasteiger partial charge in [0.1, 0.15) is 0 Å². The van der Waals surface area contributed by atoms with Crippen molar-refractivity contribution in [1.29, 1.82) is 0 Å². The van der Waals surface area contributed by atoms with Crippen LogP contribution in [0.4, 0.5) is 4.79 Å². The topological polar surface area (TPSA) is 78.9 Å². The first kappa shape index (κ1) is 17.8. The number of rotatable bonds is 6. The third kappa shape index (κ3) is 5.19. The average Bonchev–Trinajstić information content (AvgIpc) is 2.46. The zero-order valence-electron chi connectivity index (χ0n) is 13.5. The molecule has 2 amide bonds. The Morgan fingerprint density at radius 3 is 2.62 bits per heavy atom. The molecule has 1 heterocycles. The van der Waals surface area contributed by atoms with Gasteiger partial charge in [-0.05, 0) is 18.3 Å². The Morgan fingerprint density at radius 1 is 1.43 bits per heavy atom. The van der Waals surface area contributed by atoms with Crippen molar-refractivity contribution >= 4 is 12.0 Å². The molecule has 6 heteroatoms. The Hall–Kier alpha value is -1.30. The highest BCUT2D eigenvalue weighted by molar-refractivity contribution is 5.76. The van der Waals surface area contributed by atoms with Crippen LogP contribution >= 0.6 is 0 Å². The quantitative estimate of drug-likeness (QED) is 0.784. The molecular weight excluding hydrogens is 272 g/mol. The minimum atomic E-state index is -0.825. The van der Waals surface area contributed by atoms with Crippen LogP contribution < -0.4 is 5.32 Å². The van der Waals surface area contributed by atoms with Gasteiger partial charge in [0.2, 0.25) is 0 Å². The summed E-state index contributed by atoms with van der Waals surface area (Å²) in [7, 11) is 1.65. The summed E-state index contributed by atoms with van der Waals surface area (Å²) < 4.78 is 5.39. The lowest BCUT2D eigenvalue weighted by Crippen LogP contribution is -2.51. The fraction of sp³-hybridized carbons (Fsp3) is 0.867. The largest absolute Gasteiger partial charge is 0.481 e. The molecule has 0 radical (unpaired) electrons. The predicted octanol–water partition coefficient (Wildman–Crippen LogP) is 1.80. The number of amides is 2. The second-order valence-corrected chi connectivity index (χ2v) is 6.13. The lowest BCUT2D eigenvalue weighted by Gasteiger charge is -2.35. The van der Waals surface area contributed by atoms with Crippen LogP contribution in [0.15, 0.2) is 0 Å². The number of carbonyl (C=O) groups is 2. The molecular formula is C15H28N2O4. The van der Waals surface area contributed by atoms with Crippen molar-refractivity contribution in [2.45, 2.75) is 39.7 Å². The summed E-state index contributed by atoms with van der Waals surface area (Å²) in [6.07, 6.45) is 1.60. The number of piperidine rings is 1. The van der Waals surface area contributed by atoms with E-state index in [4.69, 9.17) is 9.84 Å². The second-order valence-electron chi connectivity index (χ2n) is 6.13. The van der Waals surface area contributed by atoms with Crippen molar-refractivity contribution in [3.05, 3.63) is 0 Å². The number of ether oxygens (including phenoxy) is 1. The molecule has 2 N–H and O–H groups in total. The fourth-order valence-corrected chi connectivity index (χ4v) is 2.78. The summed E-state index contributed by atoms with van der Waals surface area (Å²) in [4.78, 5) is 24.9. The number of likely N-dealkylation sites (tertiary alicyclic amines) is 1. The van der Waals surface area contributed by atoms with Gasteiger partial charge < -0.3 is 20.1 Å². The number of hydrogen-bond acceptors (Lipinski definition) is 3. The Morgan fingerprint density at radius 2 is 2.10 bits per heavy atom. The highest BCUT2D eigenvalue weighted by Gasteiger charge is 2.32. The number of carboxylic acids is 1. The van der Waals surface area contributed by atoms with Crippen LogP contribution in [0.2, 0.25) is 0 Å². The summed E-state index contributed by atoms with van der Waals surface area (Å²) in [6.45, 7) is 7.49. The maximum atomic E-state index is 12.2. The smallest absolute Gasteiger partial charge is 0.317 e. The molecule has 122 valence electrons. The van der Waals surface area contributed by atoms with Gasteiger partial charge in [-0.1, -0.05) is 27.2 Å². The van der Waals surface area contributed by atoms with Crippen LogP contribution in [0.25, 0.3) is 0 Å². The summed E-state index contributed by atoms with van der Waals surface area (Å²) in [5.41, 5.74) is 0. The minimum Gasteiger partial charge on any atom is -0.481 e. The number of methoxy groups -OCH3 is 1. The Kier molecular flexibility index (Phi) is 6.95. The van der Waals surface area contributed by atoms with E-state index in [1.165, 1.54) is 0 Å². The zero-order chi connectivity index (χ0) is 16.0. The monoisotopic (exact) mass is 300 g/mol. The summed E-state index contributed by atoms with van der Waals surface area (Å²) in [5, 5.41) is 12.0. The SMILES string of the molecule is CCC(C)C(CNC(=O)N1CC(C)CC(C(=O)O)C1)OC. The van der Waals surface area contributed by atoms with Crippen molar-refractivity contribution in [2.75, 3.05) is 26.7 Å². The van der Waals surface area contributed by atoms with Crippen molar-refractivity contribution in [3.8, 4) is 0 Å². The summed E-state index contributed by atoms with van der Waals surface area (Å²) >= 11 is 0. The number of carbonyl (C=O) groups excluding carboxylic acids is 1. The first-order valence-electron chi connectivity index (χ1n) is 7.67. The standard InChI is InChI=1S/C15H28N2O4/c1-5-11(3)13(21-4)7-16-15(20)17-8-10(2)6-12(9-17)14(18)19/h10-13H,5-9H2,1-4H3,(H,16,20)(H,18,19). The zero-order valence-corrected chi connectivity index (χ0v) is 13.5. The van der Waals surface area contributed by atoms with E-state index in [0.717, 1.165) is 6.42 Å². The third-order valence-electron chi connectivity index (χ3n) is 4.33. The Bertz CT molecular complexity index is 362. The molecule has 0 spiro atoms. The number of urea groups is 1. The van der Waals surface area contributed by atoms with Gasteiger partial charge in [-0.2, -0.15) is 0 Å². The molecule has 21 heavy (non-hydrogen) atoms. The van der Waals surface area contributed by atoms with Crippen molar-refractivity contribution in [2.24, 2.45) is 17.8 Å². The molecule has 0 aliphatic carbocycles. The van der Waals surface area contributed by atoms with Gasteiger partial charge in [0.15, 0.2) is 0 Å². The molecule has 0 bridgehead atoms. The van der Waals surface area contributed by atoms with Gasteiger partial charge in [0.05, 0.1) is 12.0 Å². The third-order valence-corrected chi connectivity index (χ3v) is 4.33. The lowest BCUT2D eigenvalue weighted by atomic mass is 9.91. The van der Waals surface area contributed by atoms with Crippen molar-refractivity contribution < 1.29 is 19.4 Å². The molecule has 0 aromatic carbocycles. The molecule has 4 atom stereocenters. The molecule has 0 saturated carbocycles. The normalized spacial score (nSPS) is 25.2. The van der Waals surface area contributed by atoms with Gasteiger partial charge in [-0.15, -0.1) is 0 Å². The fourth-order valence-electron chi connectivity index (χ4n) is 2.78. The minimum absolute atomic E-state index is 0.0172. The van der Waals surface area contributed by atoms with Gasteiger partial charge in [-0.3, -0.25) is 4.79 Å². The average molecular weight is 300 g/mol. The van der Waals surface area contributed by atoms with E-state index >= 15 is 0 Å². The van der Waals surface area contributed by atoms with E-state index in [1.54, 1.807) is 12.0 Å². The Balaban J connectivity index is 2.52. The van der Waals surface area contributed by atoms with E-state index in [0.29, 0.717) is 25.4 Å². The number of hydrogen-bond donors (Lipinski definition) is 2. The van der Waals surface area contributed by atoms with E-state index in [1.807, 2.05) is 6.92 Å². The molecule has 1 rings (SSSR count). The number of nitrogens with zero attached hydrogens (tertiary/aromatic N) is 1. The molecule has 1 saturated heterocycles. The van der Waals surface area contributed by atoms with Crippen molar-refractivity contribution in [3.63, 3.8) is 0 Å². The molecule has 1 aliphatic heterocycles. The van der Waals surface area contributed by atoms with Crippen LogP contribution in [0, 0.1) is 17.8 Å². The molecule has 6 nitrogen and oxygen atoms in total. The number of aliphatic carboxylic acids is 1. The van der Waals surface area contributed by atoms with Gasteiger partial charge in [-0.25, -0.2) is 4.79 Å². The second kappa shape index (κ2) is 8.22. The number of nitrogens with one attached hydrogen (secondary N) is 1. The van der Waals surface area contributed by atoms with E-state index in [9.17, 15) is 9.59 Å². The van der Waals surface area contributed by atoms with E-state index in [2.05, 4.69) is 19.2 Å². The highest BCUT2D eigenvalue weighted by Crippen LogP contribution is 2.21. The maximum Gasteiger partial charge on any atom is 0.317 e. The van der Waals surface area contributed by atoms with E-state index < -0.39 is 11.9 Å². The molecule has 4 unspecified atom stereocenters. The first-order valence-corrected chi connectivity index (χ1v) is 7.67. The van der Waals surface area contributed by atoms with Crippen molar-refractivity contribution in [1.82, 2.24) is 10.2 Å². The number of carboxylic acid groups (broad SMARTS) is 1. The van der Waals surface area contributed by atoms with Crippen LogP contribution in [0.3, 0.4) is 0 Å². The highest BCUT2D eigenvalue weighted by atomic mass is 16.5. The van der Waals surface area contributed by atoms with Gasteiger partial charge in [0.25, 0.3) is 0 Å². The molecule has 1 fully saturated rings. The summed E-state index contributed by atoms with van der Waals surface area (Å²) in [5.74, 6) is -0.721. The summed E-state index contributed by atoms with van der Waals surface area (Å²) in [6, 6.07) is -0.196. The maximum absolute atomic E-state index is 12.2. The van der Waals surface area contributed by atoms with Crippen LogP contribution in [0.1, 0.15) is 33.6 Å². The van der Waals surface area contributed by atoms with Gasteiger partial charge in [0, 0.05) is 26.7 Å². The Labute approximate surface area is 126 Å².